The van der Waals surface area contributed by atoms with Gasteiger partial charge in [0.1, 0.15) is 0 Å². The highest BCUT2D eigenvalue weighted by Gasteiger charge is 2.23. The summed E-state index contributed by atoms with van der Waals surface area (Å²) in [5, 5.41) is 0. The Labute approximate surface area is 109 Å². The van der Waals surface area contributed by atoms with Gasteiger partial charge < -0.3 is 0 Å². The monoisotopic (exact) mass is 240 g/mol. The van der Waals surface area contributed by atoms with Crippen LogP contribution < -0.4 is 0 Å². The Balaban J connectivity index is 1.97. The molecule has 0 radical (unpaired) electrons. The summed E-state index contributed by atoms with van der Waals surface area (Å²) in [6.07, 6.45) is 9.89. The van der Waals surface area contributed by atoms with E-state index in [1.807, 2.05) is 6.08 Å². The topological polar surface area (TPSA) is 17.1 Å². The van der Waals surface area contributed by atoms with Crippen molar-refractivity contribution < 1.29 is 4.79 Å². The Morgan fingerprint density at radius 3 is 2.50 bits per heavy atom. The van der Waals surface area contributed by atoms with Gasteiger partial charge in [0.05, 0.1) is 0 Å². The standard InChI is InChI=1S/C17H20O/c18-15-9-2-1-6-14(12-15)17-11-4-3-10-16(17)13-7-5-8-13/h3-4,10-13H,1-2,5-9H2. The van der Waals surface area contributed by atoms with Crippen molar-refractivity contribution in [3.8, 4) is 0 Å². The Hall–Kier alpha value is -1.37. The zero-order valence-corrected chi connectivity index (χ0v) is 10.8. The predicted molar refractivity (Wildman–Crippen MR) is 74.5 cm³/mol. The lowest BCUT2D eigenvalue weighted by Crippen LogP contribution is -2.11. The summed E-state index contributed by atoms with van der Waals surface area (Å²) in [6.45, 7) is 0. The van der Waals surface area contributed by atoms with E-state index in [1.165, 1.54) is 36.0 Å². The van der Waals surface area contributed by atoms with E-state index in [2.05, 4.69) is 24.3 Å². The molecule has 1 fully saturated rings. The fourth-order valence-corrected chi connectivity index (χ4v) is 3.03. The van der Waals surface area contributed by atoms with Crippen molar-refractivity contribution in [2.75, 3.05) is 0 Å². The molecular formula is C17H20O. The lowest BCUT2D eigenvalue weighted by molar-refractivity contribution is -0.114. The molecule has 1 heteroatoms. The van der Waals surface area contributed by atoms with Crippen LogP contribution in [0.2, 0.25) is 0 Å². The number of allylic oxidation sites excluding steroid dienone is 2. The van der Waals surface area contributed by atoms with Crippen molar-refractivity contribution in [3.05, 3.63) is 41.5 Å². The molecule has 1 saturated carbocycles. The number of hydrogen-bond donors (Lipinski definition) is 0. The van der Waals surface area contributed by atoms with Gasteiger partial charge in [0.25, 0.3) is 0 Å². The molecule has 0 spiro atoms. The normalized spacial score (nSPS) is 21.1. The van der Waals surface area contributed by atoms with Gasteiger partial charge in [-0.2, -0.15) is 0 Å². The first-order valence-corrected chi connectivity index (χ1v) is 7.17. The first-order chi connectivity index (χ1) is 8.84. The third kappa shape index (κ3) is 2.27. The van der Waals surface area contributed by atoms with Gasteiger partial charge in [-0.25, -0.2) is 0 Å². The van der Waals surface area contributed by atoms with Gasteiger partial charge in [0, 0.05) is 6.42 Å². The quantitative estimate of drug-likeness (QED) is 0.745. The molecule has 0 heterocycles. The minimum Gasteiger partial charge on any atom is -0.295 e. The molecule has 1 aromatic carbocycles. The van der Waals surface area contributed by atoms with Crippen molar-refractivity contribution in [2.24, 2.45) is 0 Å². The van der Waals surface area contributed by atoms with Crippen LogP contribution in [0.25, 0.3) is 5.57 Å². The number of hydrogen-bond acceptors (Lipinski definition) is 1. The third-order valence-electron chi connectivity index (χ3n) is 4.31. The minimum absolute atomic E-state index is 0.311. The average Bonchev–Trinajstić information content (AvgIpc) is 2.52. The smallest absolute Gasteiger partial charge is 0.155 e. The van der Waals surface area contributed by atoms with Crippen molar-refractivity contribution in [3.63, 3.8) is 0 Å². The number of rotatable bonds is 2. The van der Waals surface area contributed by atoms with E-state index in [1.54, 1.807) is 0 Å². The summed E-state index contributed by atoms with van der Waals surface area (Å²) < 4.78 is 0. The van der Waals surface area contributed by atoms with Gasteiger partial charge in [0.2, 0.25) is 0 Å². The highest BCUT2D eigenvalue weighted by Crippen LogP contribution is 2.40. The first kappa shape index (κ1) is 11.7. The van der Waals surface area contributed by atoms with Crippen LogP contribution in [0.5, 0.6) is 0 Å². The van der Waals surface area contributed by atoms with Crippen LogP contribution in [0.4, 0.5) is 0 Å². The molecule has 2 aliphatic rings. The largest absolute Gasteiger partial charge is 0.295 e. The average molecular weight is 240 g/mol. The molecule has 0 bridgehead atoms. The fraction of sp³-hybridized carbons (Fsp3) is 0.471. The molecule has 0 N–H and O–H groups in total. The Morgan fingerprint density at radius 1 is 0.944 bits per heavy atom. The van der Waals surface area contributed by atoms with Crippen LogP contribution in [0.15, 0.2) is 30.3 Å². The van der Waals surface area contributed by atoms with Crippen LogP contribution in [0.3, 0.4) is 0 Å². The Kier molecular flexibility index (Phi) is 3.31. The van der Waals surface area contributed by atoms with Gasteiger partial charge >= 0.3 is 0 Å². The predicted octanol–water partition coefficient (Wildman–Crippen LogP) is 4.48. The molecule has 1 aromatic rings. The molecule has 0 atom stereocenters. The molecule has 18 heavy (non-hydrogen) atoms. The van der Waals surface area contributed by atoms with E-state index < -0.39 is 0 Å². The van der Waals surface area contributed by atoms with Crippen molar-refractivity contribution >= 4 is 11.4 Å². The minimum atomic E-state index is 0.311. The lowest BCUT2D eigenvalue weighted by Gasteiger charge is -2.28. The fourth-order valence-electron chi connectivity index (χ4n) is 3.03. The van der Waals surface area contributed by atoms with E-state index in [0.29, 0.717) is 5.78 Å². The molecule has 2 aliphatic carbocycles. The van der Waals surface area contributed by atoms with Crippen molar-refractivity contribution in [2.45, 2.75) is 50.9 Å². The second-order valence-electron chi connectivity index (χ2n) is 5.56. The second-order valence-corrected chi connectivity index (χ2v) is 5.56. The van der Waals surface area contributed by atoms with Crippen LogP contribution in [0.1, 0.15) is 62.0 Å². The number of carbonyl (C=O) groups excluding carboxylic acids is 1. The zero-order chi connectivity index (χ0) is 12.4. The van der Waals surface area contributed by atoms with E-state index >= 15 is 0 Å². The maximum Gasteiger partial charge on any atom is 0.155 e. The Morgan fingerprint density at radius 2 is 1.72 bits per heavy atom. The molecule has 0 unspecified atom stereocenters. The van der Waals surface area contributed by atoms with Crippen LogP contribution in [0, 0.1) is 0 Å². The molecule has 0 saturated heterocycles. The summed E-state index contributed by atoms with van der Waals surface area (Å²) >= 11 is 0. The van der Waals surface area contributed by atoms with Gasteiger partial charge in [-0.1, -0.05) is 30.7 Å². The van der Waals surface area contributed by atoms with Crippen molar-refractivity contribution in [1.82, 2.24) is 0 Å². The summed E-state index contributed by atoms with van der Waals surface area (Å²) in [6, 6.07) is 8.71. The van der Waals surface area contributed by atoms with Crippen LogP contribution >= 0.6 is 0 Å². The SMILES string of the molecule is O=C1C=C(c2ccccc2C2CCC2)CCCC1. The van der Waals surface area contributed by atoms with E-state index in [9.17, 15) is 4.79 Å². The number of carbonyl (C=O) groups is 1. The summed E-state index contributed by atoms with van der Waals surface area (Å²) in [5.41, 5.74) is 4.10. The molecule has 1 nitrogen and oxygen atoms in total. The van der Waals surface area contributed by atoms with Crippen LogP contribution in [-0.2, 0) is 4.79 Å². The highest BCUT2D eigenvalue weighted by atomic mass is 16.1. The second kappa shape index (κ2) is 5.09. The molecule has 0 aliphatic heterocycles. The first-order valence-electron chi connectivity index (χ1n) is 7.17. The maximum atomic E-state index is 11.8. The molecule has 0 amide bonds. The molecule has 0 aromatic heterocycles. The van der Waals surface area contributed by atoms with Gasteiger partial charge in [-0.05, 0) is 60.8 Å². The molecule has 94 valence electrons. The summed E-state index contributed by atoms with van der Waals surface area (Å²) in [7, 11) is 0. The van der Waals surface area contributed by atoms with Crippen LogP contribution in [-0.4, -0.2) is 5.78 Å². The van der Waals surface area contributed by atoms with E-state index in [0.717, 1.165) is 31.6 Å². The van der Waals surface area contributed by atoms with E-state index in [4.69, 9.17) is 0 Å². The van der Waals surface area contributed by atoms with Crippen molar-refractivity contribution in [1.29, 1.82) is 0 Å². The number of benzene rings is 1. The number of ketones is 1. The highest BCUT2D eigenvalue weighted by molar-refractivity contribution is 5.97. The molecular weight excluding hydrogens is 220 g/mol. The van der Waals surface area contributed by atoms with Gasteiger partial charge in [-0.15, -0.1) is 0 Å². The third-order valence-corrected chi connectivity index (χ3v) is 4.31. The van der Waals surface area contributed by atoms with Gasteiger partial charge in [0.15, 0.2) is 5.78 Å². The Bertz CT molecular complexity index is 480. The van der Waals surface area contributed by atoms with E-state index in [-0.39, 0.29) is 0 Å². The van der Waals surface area contributed by atoms with Gasteiger partial charge in [-0.3, -0.25) is 4.79 Å². The lowest BCUT2D eigenvalue weighted by atomic mass is 9.77. The summed E-state index contributed by atoms with van der Waals surface area (Å²) in [5.74, 6) is 1.05. The molecule has 3 rings (SSSR count). The maximum absolute atomic E-state index is 11.8. The zero-order valence-electron chi connectivity index (χ0n) is 10.8. The summed E-state index contributed by atoms with van der Waals surface area (Å²) in [4.78, 5) is 11.8.